The van der Waals surface area contributed by atoms with Crippen LogP contribution in [0.25, 0.3) is 0 Å². The van der Waals surface area contributed by atoms with E-state index in [1.54, 1.807) is 11.1 Å². The van der Waals surface area contributed by atoms with E-state index in [4.69, 9.17) is 14.2 Å². The van der Waals surface area contributed by atoms with E-state index in [0.29, 0.717) is 25.7 Å². The van der Waals surface area contributed by atoms with Crippen LogP contribution in [-0.2, 0) is 16.1 Å². The van der Waals surface area contributed by atoms with Crippen LogP contribution in [0.2, 0.25) is 0 Å². The topological polar surface area (TPSA) is 64.1 Å². The standard InChI is InChI=1S/C30H43N3O4/c1-23-7-9-25(10-8-23)21-35-17-13-24-11-15-32(16-12-24)27-18-28(20-31-19-27)36-22-26-6-5-14-33(26)29(34)37-30(2,3)4/h7-10,18-20,24,26H,5-6,11-17,21-22H2,1-4H3. The second-order valence-corrected chi connectivity index (χ2v) is 11.4. The summed E-state index contributed by atoms with van der Waals surface area (Å²) in [4.78, 5) is 21.2. The Bertz CT molecular complexity index is 997. The molecule has 2 fully saturated rings. The van der Waals surface area contributed by atoms with Crippen molar-refractivity contribution in [2.75, 3.05) is 37.7 Å². The zero-order chi connectivity index (χ0) is 26.3. The SMILES string of the molecule is Cc1ccc(COCCC2CCN(c3cncc(OCC4CCCN4C(=O)OC(C)(C)C)c3)CC2)cc1. The Morgan fingerprint density at radius 3 is 2.54 bits per heavy atom. The molecule has 2 aromatic rings. The van der Waals surface area contributed by atoms with Crippen LogP contribution in [0.3, 0.4) is 0 Å². The number of piperidine rings is 1. The van der Waals surface area contributed by atoms with Crippen molar-refractivity contribution in [2.24, 2.45) is 5.92 Å². The number of anilines is 1. The Morgan fingerprint density at radius 1 is 1.05 bits per heavy atom. The summed E-state index contributed by atoms with van der Waals surface area (Å²) in [6, 6.07) is 10.7. The second kappa shape index (κ2) is 12.6. The van der Waals surface area contributed by atoms with Gasteiger partial charge in [-0.15, -0.1) is 0 Å². The molecule has 2 aliphatic heterocycles. The summed E-state index contributed by atoms with van der Waals surface area (Å²) in [6.07, 6.45) is 8.74. The fraction of sp³-hybridized carbons (Fsp3) is 0.600. The molecule has 1 aromatic carbocycles. The zero-order valence-electron chi connectivity index (χ0n) is 22.9. The number of rotatable bonds is 9. The van der Waals surface area contributed by atoms with Gasteiger partial charge in [-0.1, -0.05) is 29.8 Å². The minimum atomic E-state index is -0.495. The van der Waals surface area contributed by atoms with Crippen LogP contribution >= 0.6 is 0 Å². The molecule has 1 amide bonds. The van der Waals surface area contributed by atoms with E-state index < -0.39 is 5.60 Å². The largest absolute Gasteiger partial charge is 0.490 e. The van der Waals surface area contributed by atoms with Crippen LogP contribution in [0.15, 0.2) is 42.7 Å². The minimum absolute atomic E-state index is 0.0301. The summed E-state index contributed by atoms with van der Waals surface area (Å²) in [5.74, 6) is 1.45. The number of pyridine rings is 1. The van der Waals surface area contributed by atoms with E-state index in [9.17, 15) is 4.79 Å². The van der Waals surface area contributed by atoms with Gasteiger partial charge in [-0.3, -0.25) is 4.98 Å². The van der Waals surface area contributed by atoms with E-state index in [1.807, 2.05) is 27.0 Å². The average Bonchev–Trinajstić information content (AvgIpc) is 3.35. The van der Waals surface area contributed by atoms with Crippen molar-refractivity contribution in [2.45, 2.75) is 78.0 Å². The van der Waals surface area contributed by atoms with Crippen molar-refractivity contribution in [1.29, 1.82) is 0 Å². The predicted molar refractivity (Wildman–Crippen MR) is 146 cm³/mol. The van der Waals surface area contributed by atoms with Gasteiger partial charge in [0.05, 0.1) is 30.7 Å². The summed E-state index contributed by atoms with van der Waals surface area (Å²) in [5, 5.41) is 0. The number of carbonyl (C=O) groups is 1. The van der Waals surface area contributed by atoms with Gasteiger partial charge in [0, 0.05) is 32.3 Å². The molecule has 1 aromatic heterocycles. The van der Waals surface area contributed by atoms with E-state index in [0.717, 1.165) is 63.2 Å². The quantitative estimate of drug-likeness (QED) is 0.387. The maximum Gasteiger partial charge on any atom is 0.410 e. The maximum atomic E-state index is 12.6. The number of ether oxygens (including phenoxy) is 3. The number of nitrogens with zero attached hydrogens (tertiary/aromatic N) is 3. The van der Waals surface area contributed by atoms with E-state index in [-0.39, 0.29) is 12.1 Å². The molecule has 7 heteroatoms. The van der Waals surface area contributed by atoms with Gasteiger partial charge in [-0.05, 0) is 71.3 Å². The highest BCUT2D eigenvalue weighted by Gasteiger charge is 2.32. The first-order valence-electron chi connectivity index (χ1n) is 13.7. The Kier molecular flexibility index (Phi) is 9.30. The molecular weight excluding hydrogens is 466 g/mol. The molecule has 0 bridgehead atoms. The first kappa shape index (κ1) is 27.2. The third kappa shape index (κ3) is 8.35. The summed E-state index contributed by atoms with van der Waals surface area (Å²) in [5.41, 5.74) is 3.12. The van der Waals surface area contributed by atoms with Crippen LogP contribution < -0.4 is 9.64 Å². The smallest absolute Gasteiger partial charge is 0.410 e. The molecule has 2 saturated heterocycles. The summed E-state index contributed by atoms with van der Waals surface area (Å²) in [7, 11) is 0. The molecule has 37 heavy (non-hydrogen) atoms. The highest BCUT2D eigenvalue weighted by molar-refractivity contribution is 5.69. The lowest BCUT2D eigenvalue weighted by molar-refractivity contribution is 0.0187. The van der Waals surface area contributed by atoms with E-state index >= 15 is 0 Å². The van der Waals surface area contributed by atoms with Crippen molar-refractivity contribution in [3.63, 3.8) is 0 Å². The molecule has 3 heterocycles. The molecule has 0 radical (unpaired) electrons. The molecule has 0 spiro atoms. The summed E-state index contributed by atoms with van der Waals surface area (Å²) in [6.45, 7) is 12.5. The average molecular weight is 510 g/mol. The number of hydrogen-bond donors (Lipinski definition) is 0. The monoisotopic (exact) mass is 509 g/mol. The zero-order valence-corrected chi connectivity index (χ0v) is 22.9. The van der Waals surface area contributed by atoms with E-state index in [2.05, 4.69) is 47.1 Å². The molecular formula is C30H43N3O4. The van der Waals surface area contributed by atoms with Crippen LogP contribution in [0, 0.1) is 12.8 Å². The van der Waals surface area contributed by atoms with Gasteiger partial charge in [0.15, 0.2) is 0 Å². The maximum absolute atomic E-state index is 12.6. The van der Waals surface area contributed by atoms with Gasteiger partial charge in [0.2, 0.25) is 0 Å². The normalized spacial score (nSPS) is 18.8. The lowest BCUT2D eigenvalue weighted by atomic mass is 9.94. The van der Waals surface area contributed by atoms with Crippen LogP contribution in [-0.4, -0.2) is 60.5 Å². The van der Waals surface area contributed by atoms with Crippen molar-refractivity contribution in [3.8, 4) is 5.75 Å². The molecule has 0 N–H and O–H groups in total. The number of hydrogen-bond acceptors (Lipinski definition) is 6. The van der Waals surface area contributed by atoms with Crippen LogP contribution in [0.1, 0.15) is 64.0 Å². The molecule has 1 unspecified atom stereocenters. The fourth-order valence-corrected chi connectivity index (χ4v) is 5.03. The Balaban J connectivity index is 1.19. The number of carbonyl (C=O) groups excluding carboxylic acids is 1. The third-order valence-electron chi connectivity index (χ3n) is 7.19. The van der Waals surface area contributed by atoms with Gasteiger partial charge in [-0.2, -0.15) is 0 Å². The number of aryl methyl sites for hydroxylation is 1. The predicted octanol–water partition coefficient (Wildman–Crippen LogP) is 5.99. The molecule has 0 aliphatic carbocycles. The van der Waals surface area contributed by atoms with Crippen molar-refractivity contribution >= 4 is 11.8 Å². The number of likely N-dealkylation sites (tertiary alicyclic amines) is 1. The molecule has 0 saturated carbocycles. The van der Waals surface area contributed by atoms with Crippen molar-refractivity contribution < 1.29 is 19.0 Å². The number of aromatic nitrogens is 1. The van der Waals surface area contributed by atoms with Gasteiger partial charge >= 0.3 is 6.09 Å². The van der Waals surface area contributed by atoms with E-state index in [1.165, 1.54) is 11.1 Å². The first-order chi connectivity index (χ1) is 17.8. The molecule has 1 atom stereocenters. The lowest BCUT2D eigenvalue weighted by Crippen LogP contribution is -2.42. The summed E-state index contributed by atoms with van der Waals surface area (Å²) >= 11 is 0. The number of benzene rings is 1. The van der Waals surface area contributed by atoms with Crippen LogP contribution in [0.5, 0.6) is 5.75 Å². The molecule has 7 nitrogen and oxygen atoms in total. The highest BCUT2D eigenvalue weighted by Crippen LogP contribution is 2.28. The van der Waals surface area contributed by atoms with Crippen molar-refractivity contribution in [3.05, 3.63) is 53.9 Å². The number of amides is 1. The van der Waals surface area contributed by atoms with Crippen molar-refractivity contribution in [1.82, 2.24) is 9.88 Å². The molecule has 4 rings (SSSR count). The highest BCUT2D eigenvalue weighted by atomic mass is 16.6. The Morgan fingerprint density at radius 2 is 1.81 bits per heavy atom. The van der Waals surface area contributed by atoms with Gasteiger partial charge < -0.3 is 24.0 Å². The Labute approximate surface area is 222 Å². The first-order valence-corrected chi connectivity index (χ1v) is 13.7. The molecule has 2 aliphatic rings. The molecule has 202 valence electrons. The minimum Gasteiger partial charge on any atom is -0.490 e. The second-order valence-electron chi connectivity index (χ2n) is 11.4. The van der Waals surface area contributed by atoms with Gasteiger partial charge in [-0.25, -0.2) is 4.79 Å². The van der Waals surface area contributed by atoms with Crippen LogP contribution in [0.4, 0.5) is 10.5 Å². The van der Waals surface area contributed by atoms with Gasteiger partial charge in [0.1, 0.15) is 18.0 Å². The Hall–Kier alpha value is -2.80. The lowest BCUT2D eigenvalue weighted by Gasteiger charge is -2.33. The fourth-order valence-electron chi connectivity index (χ4n) is 5.03. The van der Waals surface area contributed by atoms with Gasteiger partial charge in [0.25, 0.3) is 0 Å². The summed E-state index contributed by atoms with van der Waals surface area (Å²) < 4.78 is 17.6. The third-order valence-corrected chi connectivity index (χ3v) is 7.19.